The number of carbonyl (C=O) groups excluding carboxylic acids is 1. The van der Waals surface area contributed by atoms with Crippen LogP contribution in [0.3, 0.4) is 0 Å². The lowest BCUT2D eigenvalue weighted by Gasteiger charge is -2.11. The van der Waals surface area contributed by atoms with Gasteiger partial charge in [0.2, 0.25) is 5.91 Å². The normalized spacial score (nSPS) is 10.6. The quantitative estimate of drug-likeness (QED) is 0.505. The van der Waals surface area contributed by atoms with Gasteiger partial charge in [-0.05, 0) is 49.2 Å². The summed E-state index contributed by atoms with van der Waals surface area (Å²) < 4.78 is 18.1. The van der Waals surface area contributed by atoms with Crippen molar-refractivity contribution < 1.29 is 19.0 Å². The molecule has 0 aliphatic heterocycles. The van der Waals surface area contributed by atoms with E-state index >= 15 is 0 Å². The molecule has 1 heterocycles. The molecule has 2 aromatic carbocycles. The van der Waals surface area contributed by atoms with Crippen LogP contribution in [-0.4, -0.2) is 40.6 Å². The summed E-state index contributed by atoms with van der Waals surface area (Å²) in [5.74, 6) is 2.65. The Morgan fingerprint density at radius 2 is 1.81 bits per heavy atom. The number of hydrogen-bond acceptors (Lipinski definition) is 7. The van der Waals surface area contributed by atoms with Gasteiger partial charge in [-0.1, -0.05) is 17.8 Å². The first-order valence-electron chi connectivity index (χ1n) is 9.64. The number of methoxy groups -OCH3 is 2. The largest absolute Gasteiger partial charge is 0.497 e. The Balaban J connectivity index is 1.56. The number of benzene rings is 2. The molecule has 0 saturated heterocycles. The van der Waals surface area contributed by atoms with Gasteiger partial charge in [0.15, 0.2) is 11.0 Å². The molecule has 0 bridgehead atoms. The molecule has 8 nitrogen and oxygen atoms in total. The van der Waals surface area contributed by atoms with Crippen molar-refractivity contribution in [3.63, 3.8) is 0 Å². The molecule has 9 heteroatoms. The summed E-state index contributed by atoms with van der Waals surface area (Å²) in [5.41, 5.74) is 2.97. The maximum Gasteiger partial charge on any atom is 0.234 e. The Bertz CT molecular complexity index is 1070. The second-order valence-corrected chi connectivity index (χ2v) is 7.84. The predicted octanol–water partition coefficient (Wildman–Crippen LogP) is 3.76. The van der Waals surface area contributed by atoms with Gasteiger partial charge in [-0.3, -0.25) is 4.79 Å². The number of ether oxygens (including phenoxy) is 3. The van der Waals surface area contributed by atoms with E-state index in [0.717, 1.165) is 5.75 Å². The third-order valence-electron chi connectivity index (χ3n) is 4.79. The summed E-state index contributed by atoms with van der Waals surface area (Å²) in [5, 5.41) is 11.8. The maximum atomic E-state index is 12.4. The van der Waals surface area contributed by atoms with E-state index in [-0.39, 0.29) is 11.7 Å². The highest BCUT2D eigenvalue weighted by Gasteiger charge is 2.14. The van der Waals surface area contributed by atoms with Crippen LogP contribution in [0.4, 0.5) is 5.69 Å². The number of amides is 1. The Labute approximate surface area is 185 Å². The van der Waals surface area contributed by atoms with Gasteiger partial charge in [0.05, 0.1) is 25.7 Å². The average Bonchev–Trinajstić information content (AvgIpc) is 3.12. The van der Waals surface area contributed by atoms with E-state index in [2.05, 4.69) is 22.4 Å². The molecule has 3 aromatic rings. The molecule has 0 spiro atoms. The highest BCUT2D eigenvalue weighted by Crippen LogP contribution is 2.29. The van der Waals surface area contributed by atoms with Gasteiger partial charge < -0.3 is 24.1 Å². The standard InChI is InChI=1S/C22H26N4O4S/c1-14-6-7-17(10-15(14)2)30-12-20-24-25-22(26(20)3)31-13-21(27)23-18-9-8-16(28-4)11-19(18)29-5/h6-11H,12-13H2,1-5H3,(H,23,27). The molecule has 0 atom stereocenters. The Morgan fingerprint density at radius 3 is 2.52 bits per heavy atom. The van der Waals surface area contributed by atoms with Crippen molar-refractivity contribution >= 4 is 23.4 Å². The lowest BCUT2D eigenvalue weighted by molar-refractivity contribution is -0.113. The molecule has 3 rings (SSSR count). The summed E-state index contributed by atoms with van der Waals surface area (Å²) in [4.78, 5) is 12.4. The summed E-state index contributed by atoms with van der Waals surface area (Å²) in [7, 11) is 4.97. The zero-order chi connectivity index (χ0) is 22.4. The molecule has 1 aromatic heterocycles. The van der Waals surface area contributed by atoms with Crippen molar-refractivity contribution in [3.05, 3.63) is 53.3 Å². The Hall–Kier alpha value is -3.20. The van der Waals surface area contributed by atoms with Crippen LogP contribution in [0.25, 0.3) is 0 Å². The fraction of sp³-hybridized carbons (Fsp3) is 0.318. The average molecular weight is 443 g/mol. The van der Waals surface area contributed by atoms with Crippen molar-refractivity contribution in [1.29, 1.82) is 0 Å². The number of aryl methyl sites for hydroxylation is 2. The molecule has 0 radical (unpaired) electrons. The number of thioether (sulfide) groups is 1. The van der Waals surface area contributed by atoms with Crippen LogP contribution >= 0.6 is 11.8 Å². The van der Waals surface area contributed by atoms with Gasteiger partial charge in [0, 0.05) is 13.1 Å². The fourth-order valence-electron chi connectivity index (χ4n) is 2.77. The van der Waals surface area contributed by atoms with Gasteiger partial charge in [-0.25, -0.2) is 0 Å². The molecule has 0 saturated carbocycles. The number of aromatic nitrogens is 3. The van der Waals surface area contributed by atoms with Crippen molar-refractivity contribution in [2.24, 2.45) is 7.05 Å². The van der Waals surface area contributed by atoms with Crippen molar-refractivity contribution in [2.75, 3.05) is 25.3 Å². The molecule has 1 N–H and O–H groups in total. The summed E-state index contributed by atoms with van der Waals surface area (Å²) in [6.07, 6.45) is 0. The highest BCUT2D eigenvalue weighted by atomic mass is 32.2. The van der Waals surface area contributed by atoms with Crippen molar-refractivity contribution in [1.82, 2.24) is 14.8 Å². The molecule has 0 fully saturated rings. The van der Waals surface area contributed by atoms with E-state index < -0.39 is 0 Å². The summed E-state index contributed by atoms with van der Waals surface area (Å²) in [6.45, 7) is 4.40. The van der Waals surface area contributed by atoms with E-state index in [1.54, 1.807) is 32.4 Å². The fourth-order valence-corrected chi connectivity index (χ4v) is 3.50. The van der Waals surface area contributed by atoms with Crippen LogP contribution in [0.5, 0.6) is 17.2 Å². The lowest BCUT2D eigenvalue weighted by Crippen LogP contribution is -2.15. The highest BCUT2D eigenvalue weighted by molar-refractivity contribution is 7.99. The van der Waals surface area contributed by atoms with Crippen LogP contribution in [0.1, 0.15) is 17.0 Å². The Kier molecular flexibility index (Phi) is 7.41. The van der Waals surface area contributed by atoms with E-state index in [1.807, 2.05) is 36.7 Å². The maximum absolute atomic E-state index is 12.4. The van der Waals surface area contributed by atoms with Crippen LogP contribution in [0, 0.1) is 13.8 Å². The van der Waals surface area contributed by atoms with E-state index in [4.69, 9.17) is 14.2 Å². The molecular formula is C22H26N4O4S. The van der Waals surface area contributed by atoms with Gasteiger partial charge >= 0.3 is 0 Å². The minimum absolute atomic E-state index is 0.176. The van der Waals surface area contributed by atoms with Crippen LogP contribution in [0.15, 0.2) is 41.6 Å². The van der Waals surface area contributed by atoms with Gasteiger partial charge in [-0.15, -0.1) is 10.2 Å². The molecule has 164 valence electrons. The van der Waals surface area contributed by atoms with E-state index in [1.165, 1.54) is 22.9 Å². The summed E-state index contributed by atoms with van der Waals surface area (Å²) >= 11 is 1.30. The minimum Gasteiger partial charge on any atom is -0.497 e. The van der Waals surface area contributed by atoms with Crippen molar-refractivity contribution in [2.45, 2.75) is 25.6 Å². The summed E-state index contributed by atoms with van der Waals surface area (Å²) in [6, 6.07) is 11.2. The van der Waals surface area contributed by atoms with Crippen LogP contribution in [-0.2, 0) is 18.4 Å². The number of anilines is 1. The topological polar surface area (TPSA) is 87.5 Å². The predicted molar refractivity (Wildman–Crippen MR) is 120 cm³/mol. The first-order valence-corrected chi connectivity index (χ1v) is 10.6. The lowest BCUT2D eigenvalue weighted by atomic mass is 10.1. The number of nitrogens with one attached hydrogen (secondary N) is 1. The molecular weight excluding hydrogens is 416 g/mol. The number of carbonyl (C=O) groups is 1. The van der Waals surface area contributed by atoms with E-state index in [9.17, 15) is 4.79 Å². The first-order chi connectivity index (χ1) is 14.9. The second-order valence-electron chi connectivity index (χ2n) is 6.90. The molecule has 1 amide bonds. The van der Waals surface area contributed by atoms with E-state index in [0.29, 0.717) is 34.8 Å². The van der Waals surface area contributed by atoms with Crippen LogP contribution in [0.2, 0.25) is 0 Å². The third-order valence-corrected chi connectivity index (χ3v) is 5.81. The molecule has 0 aliphatic rings. The monoisotopic (exact) mass is 442 g/mol. The smallest absolute Gasteiger partial charge is 0.234 e. The molecule has 0 unspecified atom stereocenters. The molecule has 31 heavy (non-hydrogen) atoms. The zero-order valence-electron chi connectivity index (χ0n) is 18.3. The molecule has 0 aliphatic carbocycles. The second kappa shape index (κ2) is 10.2. The SMILES string of the molecule is COc1ccc(NC(=O)CSc2nnc(COc3ccc(C)c(C)c3)n2C)c(OC)c1. The minimum atomic E-state index is -0.176. The number of rotatable bonds is 9. The third kappa shape index (κ3) is 5.69. The van der Waals surface area contributed by atoms with Gasteiger partial charge in [0.25, 0.3) is 0 Å². The number of hydrogen-bond donors (Lipinski definition) is 1. The first kappa shape index (κ1) is 22.5. The number of nitrogens with zero attached hydrogens (tertiary/aromatic N) is 3. The van der Waals surface area contributed by atoms with Gasteiger partial charge in [0.1, 0.15) is 23.9 Å². The Morgan fingerprint density at radius 1 is 1.03 bits per heavy atom. The van der Waals surface area contributed by atoms with Crippen LogP contribution < -0.4 is 19.5 Å². The zero-order valence-corrected chi connectivity index (χ0v) is 19.1. The van der Waals surface area contributed by atoms with Crippen molar-refractivity contribution in [3.8, 4) is 17.2 Å². The van der Waals surface area contributed by atoms with Gasteiger partial charge in [-0.2, -0.15) is 0 Å².